The Bertz CT molecular complexity index is 2980. The zero-order chi connectivity index (χ0) is 35.1. The van der Waals surface area contributed by atoms with Gasteiger partial charge in [-0.3, -0.25) is 0 Å². The molecule has 0 N–H and O–H groups in total. The lowest BCUT2D eigenvalue weighted by atomic mass is 9.74. The third-order valence-corrected chi connectivity index (χ3v) is 12.5. The molecule has 0 saturated heterocycles. The van der Waals surface area contributed by atoms with E-state index in [9.17, 15) is 0 Å². The van der Waals surface area contributed by atoms with Crippen molar-refractivity contribution in [2.45, 2.75) is 12.3 Å². The first-order valence-corrected chi connectivity index (χ1v) is 19.0. The predicted molar refractivity (Wildman–Crippen MR) is 224 cm³/mol. The van der Waals surface area contributed by atoms with Crippen molar-refractivity contribution in [1.82, 2.24) is 0 Å². The minimum Gasteiger partial charge on any atom is -0.456 e. The summed E-state index contributed by atoms with van der Waals surface area (Å²) >= 11 is 1.85. The second-order valence-corrected chi connectivity index (χ2v) is 15.3. The molecule has 0 radical (unpaired) electrons. The summed E-state index contributed by atoms with van der Waals surface area (Å²) in [5.74, 6) is 0. The lowest BCUT2D eigenvalue weighted by Crippen LogP contribution is -2.22. The van der Waals surface area contributed by atoms with Crippen molar-refractivity contribution in [3.63, 3.8) is 0 Å². The van der Waals surface area contributed by atoms with Crippen molar-refractivity contribution in [2.75, 3.05) is 4.90 Å². The van der Waals surface area contributed by atoms with Crippen molar-refractivity contribution in [2.24, 2.45) is 0 Å². The topological polar surface area (TPSA) is 16.4 Å². The Morgan fingerprint density at radius 1 is 0.472 bits per heavy atom. The van der Waals surface area contributed by atoms with E-state index >= 15 is 0 Å². The van der Waals surface area contributed by atoms with Crippen molar-refractivity contribution in [1.29, 1.82) is 0 Å². The molecule has 0 aliphatic heterocycles. The van der Waals surface area contributed by atoms with Crippen LogP contribution in [-0.2, 0) is 5.41 Å². The van der Waals surface area contributed by atoms with Crippen LogP contribution in [0.1, 0.15) is 23.6 Å². The molecule has 0 atom stereocenters. The summed E-state index contributed by atoms with van der Waals surface area (Å²) < 4.78 is 9.40. The highest BCUT2D eigenvalue weighted by atomic mass is 32.1. The Balaban J connectivity index is 1.08. The molecular weight excluding hydrogens is 663 g/mol. The fraction of sp³-hybridized carbons (Fsp3) is 0.0400. The number of hydrogen-bond acceptors (Lipinski definition) is 3. The molecular formula is C50H33NOS. The summed E-state index contributed by atoms with van der Waals surface area (Å²) in [6, 6.07) is 66.1. The molecule has 0 amide bonds. The number of benzene rings is 8. The molecule has 53 heavy (non-hydrogen) atoms. The van der Waals surface area contributed by atoms with Crippen molar-refractivity contribution < 1.29 is 4.42 Å². The van der Waals surface area contributed by atoms with Crippen molar-refractivity contribution in [3.05, 3.63) is 199 Å². The number of hydrogen-bond donors (Lipinski definition) is 0. The number of nitrogens with zero attached hydrogens (tertiary/aromatic N) is 1. The molecule has 2 nitrogen and oxygen atoms in total. The van der Waals surface area contributed by atoms with Gasteiger partial charge in [-0.05, 0) is 94.4 Å². The Hall–Kier alpha value is -6.42. The number of rotatable bonds is 5. The molecule has 8 aromatic carbocycles. The monoisotopic (exact) mass is 695 g/mol. The molecule has 10 aromatic rings. The van der Waals surface area contributed by atoms with Crippen molar-refractivity contribution >= 4 is 70.5 Å². The molecule has 1 aliphatic rings. The zero-order valence-electron chi connectivity index (χ0n) is 29.1. The van der Waals surface area contributed by atoms with E-state index < -0.39 is 0 Å². The van der Waals surface area contributed by atoms with Gasteiger partial charge in [-0.2, -0.15) is 0 Å². The Morgan fingerprint density at radius 2 is 1.08 bits per heavy atom. The quantitative estimate of drug-likeness (QED) is 0.178. The van der Waals surface area contributed by atoms with Gasteiger partial charge in [0.1, 0.15) is 11.2 Å². The maximum absolute atomic E-state index is 6.83. The second kappa shape index (κ2) is 11.5. The molecule has 0 spiro atoms. The Labute approximate surface area is 311 Å². The van der Waals surface area contributed by atoms with Crippen LogP contribution in [0.3, 0.4) is 0 Å². The van der Waals surface area contributed by atoms with Crippen LogP contribution >= 0.6 is 11.3 Å². The van der Waals surface area contributed by atoms with Crippen LogP contribution in [-0.4, -0.2) is 0 Å². The van der Waals surface area contributed by atoms with E-state index in [2.05, 4.69) is 194 Å². The lowest BCUT2D eigenvalue weighted by Gasteiger charge is -2.28. The highest BCUT2D eigenvalue weighted by Gasteiger charge is 2.40. The van der Waals surface area contributed by atoms with E-state index in [1.807, 2.05) is 11.3 Å². The number of fused-ring (bicyclic) bond motifs is 9. The number of furan rings is 1. The van der Waals surface area contributed by atoms with Gasteiger partial charge in [0.2, 0.25) is 0 Å². The Kier molecular flexibility index (Phi) is 6.58. The van der Waals surface area contributed by atoms with Gasteiger partial charge in [0, 0.05) is 53.8 Å². The molecule has 0 saturated carbocycles. The summed E-state index contributed by atoms with van der Waals surface area (Å²) in [7, 11) is 0. The van der Waals surface area contributed by atoms with Crippen molar-refractivity contribution in [3.8, 4) is 22.3 Å². The first-order chi connectivity index (χ1) is 26.1. The number of anilines is 3. The zero-order valence-corrected chi connectivity index (χ0v) is 29.9. The van der Waals surface area contributed by atoms with Gasteiger partial charge in [-0.1, -0.05) is 127 Å². The largest absolute Gasteiger partial charge is 0.456 e. The smallest absolute Gasteiger partial charge is 0.137 e. The van der Waals surface area contributed by atoms with E-state index in [-0.39, 0.29) is 5.41 Å². The average molecular weight is 696 g/mol. The normalized spacial score (nSPS) is 13.2. The lowest BCUT2D eigenvalue weighted by molar-refractivity contribution is 0.662. The van der Waals surface area contributed by atoms with Crippen LogP contribution in [0.5, 0.6) is 0 Å². The van der Waals surface area contributed by atoms with E-state index in [1.165, 1.54) is 59.1 Å². The standard InChI is InChI=1S/C50H33NOS/c1-50(42-17-8-5-14-37(42)38-15-6-9-18-43(38)50)34-24-28-39-40-29-27-36(31-46(40)52-45(39)30-34)51(35-25-22-33(23-26-35)32-12-3-2-4-13-32)44-19-11-21-48-49(44)41-16-7-10-20-47(41)53-48/h2-31H,1H3. The second-order valence-electron chi connectivity index (χ2n) is 14.2. The summed E-state index contributed by atoms with van der Waals surface area (Å²) in [4.78, 5) is 2.39. The predicted octanol–water partition coefficient (Wildman–Crippen LogP) is 14.4. The first-order valence-electron chi connectivity index (χ1n) is 18.2. The molecule has 3 heteroatoms. The van der Waals surface area contributed by atoms with Gasteiger partial charge in [0.05, 0.1) is 5.69 Å². The third kappa shape index (κ3) is 4.51. The fourth-order valence-corrected chi connectivity index (χ4v) is 9.91. The Morgan fingerprint density at radius 3 is 1.85 bits per heavy atom. The molecule has 0 fully saturated rings. The summed E-state index contributed by atoms with van der Waals surface area (Å²) in [6.45, 7) is 2.36. The molecule has 0 unspecified atom stereocenters. The van der Waals surface area contributed by atoms with Crippen LogP contribution < -0.4 is 4.90 Å². The summed E-state index contributed by atoms with van der Waals surface area (Å²) in [5, 5.41) is 4.78. The van der Waals surface area contributed by atoms with Gasteiger partial charge in [0.15, 0.2) is 0 Å². The molecule has 2 heterocycles. The fourth-order valence-electron chi connectivity index (χ4n) is 8.78. The van der Waals surface area contributed by atoms with E-state index in [0.29, 0.717) is 0 Å². The maximum Gasteiger partial charge on any atom is 0.137 e. The molecule has 11 rings (SSSR count). The van der Waals surface area contributed by atoms with E-state index in [1.54, 1.807) is 0 Å². The van der Waals surface area contributed by atoms with Crippen LogP contribution in [0.4, 0.5) is 17.1 Å². The first kappa shape index (κ1) is 30.2. The van der Waals surface area contributed by atoms with Gasteiger partial charge in [-0.25, -0.2) is 0 Å². The SMILES string of the molecule is CC1(c2ccc3c(c2)oc2cc(N(c4ccc(-c5ccccc5)cc4)c4cccc5sc6ccccc6c45)ccc23)c2ccccc2-c2ccccc21. The van der Waals surface area contributed by atoms with Crippen LogP contribution in [0, 0.1) is 0 Å². The van der Waals surface area contributed by atoms with Gasteiger partial charge in [-0.15, -0.1) is 11.3 Å². The van der Waals surface area contributed by atoms with Gasteiger partial charge < -0.3 is 9.32 Å². The highest BCUT2D eigenvalue weighted by Crippen LogP contribution is 2.53. The maximum atomic E-state index is 6.83. The van der Waals surface area contributed by atoms with Crippen LogP contribution in [0.25, 0.3) is 64.4 Å². The highest BCUT2D eigenvalue weighted by molar-refractivity contribution is 7.26. The van der Waals surface area contributed by atoms with E-state index in [0.717, 1.165) is 39.0 Å². The van der Waals surface area contributed by atoms with E-state index in [4.69, 9.17) is 4.42 Å². The molecule has 0 bridgehead atoms. The summed E-state index contributed by atoms with van der Waals surface area (Å²) in [5.41, 5.74) is 13.7. The minimum atomic E-state index is -0.282. The minimum absolute atomic E-state index is 0.282. The third-order valence-electron chi connectivity index (χ3n) is 11.4. The molecule has 250 valence electrons. The van der Waals surface area contributed by atoms with Crippen LogP contribution in [0.15, 0.2) is 186 Å². The average Bonchev–Trinajstić information content (AvgIpc) is 3.87. The summed E-state index contributed by atoms with van der Waals surface area (Å²) in [6.07, 6.45) is 0. The molecule has 1 aliphatic carbocycles. The van der Waals surface area contributed by atoms with Gasteiger partial charge >= 0.3 is 0 Å². The van der Waals surface area contributed by atoms with Gasteiger partial charge in [0.25, 0.3) is 0 Å². The molecule has 2 aromatic heterocycles. The van der Waals surface area contributed by atoms with Crippen LogP contribution in [0.2, 0.25) is 0 Å². The number of thiophene rings is 1.